The Bertz CT molecular complexity index is 1630. The highest BCUT2D eigenvalue weighted by Crippen LogP contribution is 2.42. The molecule has 0 aliphatic heterocycles. The number of aromatic nitrogens is 6. The largest absolute Gasteiger partial charge is 0.476 e. The molecule has 10 nitrogen and oxygen atoms in total. The molecule has 232 valence electrons. The molecule has 0 aromatic carbocycles. The van der Waals surface area contributed by atoms with Gasteiger partial charge in [-0.1, -0.05) is 41.5 Å². The maximum Gasteiger partial charge on any atom is 0.356 e. The van der Waals surface area contributed by atoms with Crippen LogP contribution in [0.1, 0.15) is 85.0 Å². The summed E-state index contributed by atoms with van der Waals surface area (Å²) in [5.74, 6) is 0.876. The number of aromatic carboxylic acids is 1. The van der Waals surface area contributed by atoms with E-state index < -0.39 is 11.9 Å². The summed E-state index contributed by atoms with van der Waals surface area (Å²) in [7, 11) is 0. The number of nitrogens with two attached hydrogens (primary N) is 1. The molecule has 1 unspecified atom stereocenters. The van der Waals surface area contributed by atoms with Crippen molar-refractivity contribution in [1.82, 2.24) is 29.5 Å². The van der Waals surface area contributed by atoms with Crippen molar-refractivity contribution < 1.29 is 14.7 Å². The van der Waals surface area contributed by atoms with E-state index in [0.717, 1.165) is 61.2 Å². The second-order valence-electron chi connectivity index (χ2n) is 13.2. The minimum atomic E-state index is -0.965. The van der Waals surface area contributed by atoms with E-state index in [1.165, 1.54) is 0 Å². The van der Waals surface area contributed by atoms with Crippen LogP contribution in [0.2, 0.25) is 0 Å². The lowest BCUT2D eigenvalue weighted by Crippen LogP contribution is -2.32. The summed E-state index contributed by atoms with van der Waals surface area (Å²) < 4.78 is 5.64. The van der Waals surface area contributed by atoms with Crippen molar-refractivity contribution in [3.63, 3.8) is 0 Å². The zero-order valence-electron chi connectivity index (χ0n) is 25.7. The van der Waals surface area contributed by atoms with E-state index in [1.54, 1.807) is 21.8 Å². The van der Waals surface area contributed by atoms with Crippen molar-refractivity contribution >= 4 is 57.1 Å². The molecule has 4 aromatic rings. The lowest BCUT2D eigenvalue weighted by molar-refractivity contribution is 0.0687. The molecule has 12 heteroatoms. The van der Waals surface area contributed by atoms with Gasteiger partial charge in [0.1, 0.15) is 0 Å². The van der Waals surface area contributed by atoms with Gasteiger partial charge in [0.25, 0.3) is 5.91 Å². The predicted octanol–water partition coefficient (Wildman–Crippen LogP) is 6.06. The Morgan fingerprint density at radius 2 is 1.23 bits per heavy atom. The SMILES string of the molecule is CC1Cc2c(C(=O)O)nn(-c3cc(I)ccn3)c2CC1(C)C.C[C@H]1Cc2c(C(N)=O)nn(-c3cc(I)ccn3)c2CC1(C)C. The first-order valence-electron chi connectivity index (χ1n) is 14.6. The summed E-state index contributed by atoms with van der Waals surface area (Å²) in [5, 5.41) is 18.3. The fourth-order valence-corrected chi connectivity index (χ4v) is 6.79. The normalized spacial score (nSPS) is 19.7. The monoisotopic (exact) mass is 821 g/mol. The van der Waals surface area contributed by atoms with Gasteiger partial charge in [-0.2, -0.15) is 10.2 Å². The molecule has 2 atom stereocenters. The highest BCUT2D eigenvalue weighted by molar-refractivity contribution is 14.1. The van der Waals surface area contributed by atoms with Gasteiger partial charge in [-0.15, -0.1) is 0 Å². The number of carbonyl (C=O) groups excluding carboxylic acids is 1. The van der Waals surface area contributed by atoms with E-state index in [-0.39, 0.29) is 16.5 Å². The molecule has 44 heavy (non-hydrogen) atoms. The van der Waals surface area contributed by atoms with Crippen molar-refractivity contribution in [1.29, 1.82) is 0 Å². The fraction of sp³-hybridized carbons (Fsp3) is 0.438. The zero-order chi connectivity index (χ0) is 32.1. The van der Waals surface area contributed by atoms with Crippen LogP contribution in [0, 0.1) is 29.8 Å². The van der Waals surface area contributed by atoms with Crippen LogP contribution in [-0.2, 0) is 25.7 Å². The Balaban J connectivity index is 0.000000175. The molecule has 3 N–H and O–H groups in total. The highest BCUT2D eigenvalue weighted by atomic mass is 127. The molecule has 0 bridgehead atoms. The smallest absolute Gasteiger partial charge is 0.356 e. The summed E-state index contributed by atoms with van der Waals surface area (Å²) in [6.07, 6.45) is 6.71. The predicted molar refractivity (Wildman–Crippen MR) is 184 cm³/mol. The summed E-state index contributed by atoms with van der Waals surface area (Å²) in [6, 6.07) is 7.72. The Labute approximate surface area is 284 Å². The van der Waals surface area contributed by atoms with Gasteiger partial charge in [0.2, 0.25) is 0 Å². The molecular weight excluding hydrogens is 784 g/mol. The molecule has 6 rings (SSSR count). The second-order valence-corrected chi connectivity index (χ2v) is 15.7. The van der Waals surface area contributed by atoms with Gasteiger partial charge in [0, 0.05) is 30.7 Å². The molecule has 2 aliphatic carbocycles. The van der Waals surface area contributed by atoms with E-state index in [0.29, 0.717) is 23.3 Å². The number of rotatable bonds is 4. The lowest BCUT2D eigenvalue weighted by atomic mass is 9.69. The van der Waals surface area contributed by atoms with Crippen LogP contribution in [0.4, 0.5) is 0 Å². The van der Waals surface area contributed by atoms with Crippen molar-refractivity contribution in [2.24, 2.45) is 28.4 Å². The van der Waals surface area contributed by atoms with Crippen LogP contribution in [0.5, 0.6) is 0 Å². The number of fused-ring (bicyclic) bond motifs is 2. The molecule has 0 saturated heterocycles. The number of carbonyl (C=O) groups is 2. The van der Waals surface area contributed by atoms with Gasteiger partial charge >= 0.3 is 5.97 Å². The van der Waals surface area contributed by atoms with E-state index in [2.05, 4.69) is 107 Å². The van der Waals surface area contributed by atoms with Crippen LogP contribution in [0.25, 0.3) is 11.6 Å². The topological polar surface area (TPSA) is 142 Å². The van der Waals surface area contributed by atoms with Gasteiger partial charge in [0.05, 0.1) is 11.4 Å². The molecular formula is C32H37I2N7O3. The Morgan fingerprint density at radius 1 is 0.818 bits per heavy atom. The minimum absolute atomic E-state index is 0.114. The first-order valence-corrected chi connectivity index (χ1v) is 16.7. The van der Waals surface area contributed by atoms with Crippen molar-refractivity contribution in [3.05, 3.63) is 77.7 Å². The molecule has 0 radical (unpaired) electrons. The van der Waals surface area contributed by atoms with E-state index in [1.807, 2.05) is 24.3 Å². The number of pyridine rings is 2. The van der Waals surface area contributed by atoms with Gasteiger partial charge in [-0.25, -0.2) is 24.1 Å². The van der Waals surface area contributed by atoms with Crippen LogP contribution in [0.15, 0.2) is 36.7 Å². The average Bonchev–Trinajstić information content (AvgIpc) is 3.47. The van der Waals surface area contributed by atoms with Crippen LogP contribution < -0.4 is 5.73 Å². The fourth-order valence-electron chi connectivity index (χ4n) is 5.91. The Hall–Kier alpha value is -2.88. The van der Waals surface area contributed by atoms with E-state index in [4.69, 9.17) is 5.73 Å². The lowest BCUT2D eigenvalue weighted by Gasteiger charge is -2.36. The van der Waals surface area contributed by atoms with Crippen molar-refractivity contribution in [2.45, 2.75) is 67.2 Å². The molecule has 4 heterocycles. The third-order valence-electron chi connectivity index (χ3n) is 9.40. The quantitative estimate of drug-likeness (QED) is 0.239. The van der Waals surface area contributed by atoms with Gasteiger partial charge in [-0.3, -0.25) is 4.79 Å². The molecule has 1 amide bonds. The molecule has 0 saturated carbocycles. The minimum Gasteiger partial charge on any atom is -0.476 e. The maximum atomic E-state index is 11.8. The summed E-state index contributed by atoms with van der Waals surface area (Å²) in [6.45, 7) is 13.3. The van der Waals surface area contributed by atoms with Gasteiger partial charge in [-0.05, 0) is 118 Å². The number of hydrogen-bond donors (Lipinski definition) is 2. The first-order chi connectivity index (χ1) is 20.6. The molecule has 0 fully saturated rings. The number of halogens is 2. The molecule has 2 aliphatic rings. The highest BCUT2D eigenvalue weighted by Gasteiger charge is 2.39. The van der Waals surface area contributed by atoms with E-state index >= 15 is 0 Å². The number of carboxylic acids is 1. The van der Waals surface area contributed by atoms with Gasteiger partial charge in [0.15, 0.2) is 23.0 Å². The third kappa shape index (κ3) is 6.28. The first kappa shape index (κ1) is 32.5. The number of hydrogen-bond acceptors (Lipinski definition) is 6. The van der Waals surface area contributed by atoms with Gasteiger partial charge < -0.3 is 10.8 Å². The van der Waals surface area contributed by atoms with Crippen molar-refractivity contribution in [2.75, 3.05) is 0 Å². The maximum absolute atomic E-state index is 11.8. The summed E-state index contributed by atoms with van der Waals surface area (Å²) in [5.41, 5.74) is 10.2. The summed E-state index contributed by atoms with van der Waals surface area (Å²) >= 11 is 4.47. The Morgan fingerprint density at radius 3 is 1.61 bits per heavy atom. The third-order valence-corrected chi connectivity index (χ3v) is 10.7. The number of primary amides is 1. The number of carboxylic acid groups (broad SMARTS) is 1. The Kier molecular flexibility index (Phi) is 8.97. The number of nitrogens with zero attached hydrogens (tertiary/aromatic N) is 6. The molecule has 4 aromatic heterocycles. The second kappa shape index (κ2) is 12.1. The van der Waals surface area contributed by atoms with E-state index in [9.17, 15) is 14.7 Å². The standard InChI is InChI=1S/C16H19IN4O.C16H18IN3O2/c1-9-6-11-12(8-16(9,2)3)21(20-14(11)15(18)22)13-7-10(17)4-5-19-13;1-9-6-11-12(8-16(9,2)3)20(19-14(11)15(21)22)13-7-10(17)4-5-18-13/h4-5,7,9H,6,8H2,1-3H3,(H2,18,22);4-5,7,9H,6,8H2,1-3H3,(H,21,22)/t9-;/m0./s1. The summed E-state index contributed by atoms with van der Waals surface area (Å²) in [4.78, 5) is 32.1. The van der Waals surface area contributed by atoms with Crippen molar-refractivity contribution in [3.8, 4) is 11.6 Å². The molecule has 0 spiro atoms. The van der Waals surface area contributed by atoms with Crippen LogP contribution in [-0.4, -0.2) is 46.5 Å². The zero-order valence-corrected chi connectivity index (χ0v) is 30.0. The van der Waals surface area contributed by atoms with Crippen LogP contribution in [0.3, 0.4) is 0 Å². The average molecular weight is 822 g/mol. The van der Waals surface area contributed by atoms with Crippen LogP contribution >= 0.6 is 45.2 Å². The number of amides is 1.